The topological polar surface area (TPSA) is 59.0 Å². The first kappa shape index (κ1) is 12.2. The number of aryl methyl sites for hydroxylation is 1. The number of hydrogen-bond donors (Lipinski definition) is 2. The van der Waals surface area contributed by atoms with Gasteiger partial charge >= 0.3 is 0 Å². The first-order chi connectivity index (χ1) is 9.24. The number of rotatable bonds is 4. The van der Waals surface area contributed by atoms with E-state index in [9.17, 15) is 4.79 Å². The number of para-hydroxylation sites is 2. The molecule has 1 saturated heterocycles. The van der Waals surface area contributed by atoms with E-state index in [1.54, 1.807) is 0 Å². The summed E-state index contributed by atoms with van der Waals surface area (Å²) in [4.78, 5) is 15.7. The minimum Gasteiger partial charge on any atom is -0.352 e. The number of amides is 1. The van der Waals surface area contributed by atoms with Gasteiger partial charge in [0.05, 0.1) is 17.6 Å². The quantitative estimate of drug-likeness (QED) is 0.858. The van der Waals surface area contributed by atoms with Gasteiger partial charge in [0.2, 0.25) is 5.91 Å². The fourth-order valence-electron chi connectivity index (χ4n) is 2.54. The van der Waals surface area contributed by atoms with Crippen LogP contribution < -0.4 is 10.6 Å². The van der Waals surface area contributed by atoms with Crippen LogP contribution in [0.4, 0.5) is 0 Å². The maximum atomic E-state index is 11.1. The van der Waals surface area contributed by atoms with Crippen molar-refractivity contribution in [3.63, 3.8) is 0 Å². The van der Waals surface area contributed by atoms with Crippen LogP contribution in [-0.2, 0) is 18.4 Å². The van der Waals surface area contributed by atoms with E-state index in [4.69, 9.17) is 0 Å². The lowest BCUT2D eigenvalue weighted by atomic mass is 10.2. The van der Waals surface area contributed by atoms with Gasteiger partial charge in [-0.1, -0.05) is 12.1 Å². The molecule has 0 spiro atoms. The summed E-state index contributed by atoms with van der Waals surface area (Å²) in [6.45, 7) is 1.52. The number of benzene rings is 1. The van der Waals surface area contributed by atoms with Crippen LogP contribution in [0.3, 0.4) is 0 Å². The Bertz CT molecular complexity index is 605. The van der Waals surface area contributed by atoms with E-state index in [2.05, 4.69) is 26.3 Å². The van der Waals surface area contributed by atoms with Gasteiger partial charge in [0.25, 0.3) is 0 Å². The Morgan fingerprint density at radius 2 is 2.32 bits per heavy atom. The molecular formula is C14H18N4O. The number of nitrogens with zero attached hydrogens (tertiary/aromatic N) is 2. The molecule has 2 aromatic rings. The van der Waals surface area contributed by atoms with Crippen LogP contribution in [0.5, 0.6) is 0 Å². The lowest BCUT2D eigenvalue weighted by Crippen LogP contribution is -2.35. The lowest BCUT2D eigenvalue weighted by Gasteiger charge is -2.11. The molecule has 1 fully saturated rings. The van der Waals surface area contributed by atoms with Crippen LogP contribution >= 0.6 is 0 Å². The Kier molecular flexibility index (Phi) is 3.21. The molecule has 1 aromatic carbocycles. The Hall–Kier alpha value is -1.88. The van der Waals surface area contributed by atoms with Crippen molar-refractivity contribution in [2.45, 2.75) is 25.4 Å². The third kappa shape index (κ3) is 2.46. The fraction of sp³-hybridized carbons (Fsp3) is 0.429. The largest absolute Gasteiger partial charge is 0.352 e. The van der Waals surface area contributed by atoms with E-state index >= 15 is 0 Å². The van der Waals surface area contributed by atoms with Crippen molar-refractivity contribution in [3.8, 4) is 0 Å². The molecule has 100 valence electrons. The number of carbonyl (C=O) groups is 1. The van der Waals surface area contributed by atoms with Gasteiger partial charge in [0, 0.05) is 26.1 Å². The summed E-state index contributed by atoms with van der Waals surface area (Å²) in [6.07, 6.45) is 1.58. The van der Waals surface area contributed by atoms with Crippen LogP contribution in [0.1, 0.15) is 18.7 Å². The average Bonchev–Trinajstić information content (AvgIpc) is 2.96. The fourth-order valence-corrected chi connectivity index (χ4v) is 2.54. The second-order valence-electron chi connectivity index (χ2n) is 5.01. The smallest absolute Gasteiger partial charge is 0.220 e. The van der Waals surface area contributed by atoms with Gasteiger partial charge in [0.15, 0.2) is 0 Å². The van der Waals surface area contributed by atoms with Crippen molar-refractivity contribution < 1.29 is 4.79 Å². The molecule has 3 rings (SSSR count). The molecule has 0 saturated carbocycles. The van der Waals surface area contributed by atoms with Crippen molar-refractivity contribution in [3.05, 3.63) is 30.1 Å². The number of nitrogens with one attached hydrogen (secondary N) is 2. The van der Waals surface area contributed by atoms with E-state index in [-0.39, 0.29) is 11.9 Å². The molecular weight excluding hydrogens is 240 g/mol. The zero-order valence-electron chi connectivity index (χ0n) is 11.0. The molecule has 0 aliphatic carbocycles. The van der Waals surface area contributed by atoms with Crippen molar-refractivity contribution in [1.82, 2.24) is 20.2 Å². The van der Waals surface area contributed by atoms with Gasteiger partial charge in [-0.15, -0.1) is 0 Å². The molecule has 2 N–H and O–H groups in total. The predicted octanol–water partition coefficient (Wildman–Crippen LogP) is 0.942. The van der Waals surface area contributed by atoms with Crippen molar-refractivity contribution in [2.75, 3.05) is 6.54 Å². The third-order valence-corrected chi connectivity index (χ3v) is 3.64. The lowest BCUT2D eigenvalue weighted by molar-refractivity contribution is -0.119. The van der Waals surface area contributed by atoms with Crippen LogP contribution in [0, 0.1) is 0 Å². The van der Waals surface area contributed by atoms with E-state index in [0.717, 1.165) is 36.4 Å². The Morgan fingerprint density at radius 3 is 3.05 bits per heavy atom. The molecule has 1 aromatic heterocycles. The second-order valence-corrected chi connectivity index (χ2v) is 5.01. The molecule has 1 aliphatic rings. The summed E-state index contributed by atoms with van der Waals surface area (Å²) in [6, 6.07) is 8.39. The zero-order chi connectivity index (χ0) is 13.2. The summed E-state index contributed by atoms with van der Waals surface area (Å²) in [7, 11) is 2.03. The van der Waals surface area contributed by atoms with Crippen LogP contribution in [0.15, 0.2) is 24.3 Å². The van der Waals surface area contributed by atoms with Gasteiger partial charge in [-0.2, -0.15) is 0 Å². The van der Waals surface area contributed by atoms with Gasteiger partial charge in [-0.3, -0.25) is 4.79 Å². The monoisotopic (exact) mass is 258 g/mol. The molecule has 19 heavy (non-hydrogen) atoms. The van der Waals surface area contributed by atoms with Crippen LogP contribution in [-0.4, -0.2) is 28.0 Å². The molecule has 2 heterocycles. The minimum atomic E-state index is 0.162. The Balaban J connectivity index is 1.62. The second kappa shape index (κ2) is 5.01. The van der Waals surface area contributed by atoms with Gasteiger partial charge in [-0.05, 0) is 18.6 Å². The average molecular weight is 258 g/mol. The van der Waals surface area contributed by atoms with E-state index < -0.39 is 0 Å². The van der Waals surface area contributed by atoms with Gasteiger partial charge in [-0.25, -0.2) is 4.98 Å². The number of imidazole rings is 1. The highest BCUT2D eigenvalue weighted by Crippen LogP contribution is 2.14. The van der Waals surface area contributed by atoms with Crippen molar-refractivity contribution in [2.24, 2.45) is 7.05 Å². The molecule has 5 heteroatoms. The first-order valence-electron chi connectivity index (χ1n) is 6.64. The Morgan fingerprint density at radius 1 is 1.47 bits per heavy atom. The van der Waals surface area contributed by atoms with E-state index in [1.165, 1.54) is 0 Å². The highest BCUT2D eigenvalue weighted by atomic mass is 16.1. The minimum absolute atomic E-state index is 0.162. The summed E-state index contributed by atoms with van der Waals surface area (Å²) >= 11 is 0. The summed E-state index contributed by atoms with van der Waals surface area (Å²) in [5.41, 5.74) is 2.17. The molecule has 1 aliphatic heterocycles. The molecule has 1 unspecified atom stereocenters. The standard InChI is InChI=1S/C14H18N4O/c1-18-12-5-3-2-4-11(12)17-13(18)9-15-8-10-6-7-14(19)16-10/h2-5,10,15H,6-9H2,1H3,(H,16,19). The zero-order valence-corrected chi connectivity index (χ0v) is 11.0. The third-order valence-electron chi connectivity index (χ3n) is 3.64. The number of carbonyl (C=O) groups excluding carboxylic acids is 1. The van der Waals surface area contributed by atoms with Crippen LogP contribution in [0.25, 0.3) is 11.0 Å². The molecule has 0 radical (unpaired) electrons. The maximum absolute atomic E-state index is 11.1. The summed E-state index contributed by atoms with van der Waals surface area (Å²) < 4.78 is 2.11. The van der Waals surface area contributed by atoms with Crippen LogP contribution in [0.2, 0.25) is 0 Å². The molecule has 1 atom stereocenters. The van der Waals surface area contributed by atoms with Crippen molar-refractivity contribution >= 4 is 16.9 Å². The number of hydrogen-bond acceptors (Lipinski definition) is 3. The van der Waals surface area contributed by atoms with Gasteiger partial charge in [0.1, 0.15) is 5.82 Å². The molecule has 5 nitrogen and oxygen atoms in total. The SMILES string of the molecule is Cn1c(CNCC2CCC(=O)N2)nc2ccccc21. The van der Waals surface area contributed by atoms with E-state index in [1.807, 2.05) is 25.2 Å². The summed E-state index contributed by atoms with van der Waals surface area (Å²) in [5.74, 6) is 1.18. The normalized spacial score (nSPS) is 19.0. The first-order valence-corrected chi connectivity index (χ1v) is 6.64. The van der Waals surface area contributed by atoms with Gasteiger partial charge < -0.3 is 15.2 Å². The number of aromatic nitrogens is 2. The number of fused-ring (bicyclic) bond motifs is 1. The summed E-state index contributed by atoms with van der Waals surface area (Å²) in [5, 5.41) is 6.32. The highest BCUT2D eigenvalue weighted by molar-refractivity contribution is 5.78. The maximum Gasteiger partial charge on any atom is 0.220 e. The Labute approximate surface area is 112 Å². The molecule has 1 amide bonds. The predicted molar refractivity (Wildman–Crippen MR) is 73.6 cm³/mol. The molecule has 0 bridgehead atoms. The van der Waals surface area contributed by atoms with E-state index in [0.29, 0.717) is 6.42 Å². The highest BCUT2D eigenvalue weighted by Gasteiger charge is 2.20. The van der Waals surface area contributed by atoms with Crippen molar-refractivity contribution in [1.29, 1.82) is 0 Å².